The molecule has 1 rings (SSSR count). The Bertz CT molecular complexity index is 415. The summed E-state index contributed by atoms with van der Waals surface area (Å²) < 4.78 is 37.6. The van der Waals surface area contributed by atoms with Crippen molar-refractivity contribution in [2.45, 2.75) is 13.1 Å². The van der Waals surface area contributed by atoms with E-state index >= 15 is 0 Å². The van der Waals surface area contributed by atoms with Gasteiger partial charge in [-0.1, -0.05) is 11.6 Å². The Balaban J connectivity index is 3.49. The summed E-state index contributed by atoms with van der Waals surface area (Å²) >= 11 is 8.49. The first-order chi connectivity index (χ1) is 6.73. The molecule has 15 heavy (non-hydrogen) atoms. The molecule has 0 heterocycles. The quantitative estimate of drug-likeness (QED) is 0.706. The van der Waals surface area contributed by atoms with Gasteiger partial charge in [0.1, 0.15) is 0 Å². The van der Waals surface area contributed by atoms with Crippen molar-refractivity contribution in [1.29, 1.82) is 0 Å². The molecule has 6 heteroatoms. The van der Waals surface area contributed by atoms with Crippen molar-refractivity contribution < 1.29 is 18.0 Å². The highest BCUT2D eigenvalue weighted by Crippen LogP contribution is 2.36. The number of carbonyl (C=O) groups is 1. The number of carbonyl (C=O) groups excluding carboxylic acids is 1. The second-order valence-electron chi connectivity index (χ2n) is 2.87. The van der Waals surface area contributed by atoms with Crippen LogP contribution in [0.5, 0.6) is 0 Å². The second kappa shape index (κ2) is 4.14. The predicted octanol–water partition coefficient (Wildman–Crippen LogP) is 4.32. The predicted molar refractivity (Wildman–Crippen MR) is 54.2 cm³/mol. The molecule has 0 saturated carbocycles. The van der Waals surface area contributed by atoms with Crippen molar-refractivity contribution in [3.8, 4) is 0 Å². The zero-order chi connectivity index (χ0) is 11.8. The van der Waals surface area contributed by atoms with E-state index in [-0.39, 0.29) is 9.50 Å². The minimum absolute atomic E-state index is 0.0770. The smallest absolute Gasteiger partial charge is 0.294 e. The van der Waals surface area contributed by atoms with Crippen LogP contribution >= 0.6 is 27.5 Å². The first-order valence-corrected chi connectivity index (χ1v) is 4.97. The van der Waals surface area contributed by atoms with E-state index in [0.717, 1.165) is 19.1 Å². The summed E-state index contributed by atoms with van der Waals surface area (Å²) in [4.78, 5) is 11.0. The summed E-state index contributed by atoms with van der Waals surface area (Å²) in [6.45, 7) is 1.06. The van der Waals surface area contributed by atoms with E-state index in [2.05, 4.69) is 15.9 Å². The molecule has 0 amide bonds. The Morgan fingerprint density at radius 3 is 2.33 bits per heavy atom. The Labute approximate surface area is 97.4 Å². The third kappa shape index (κ3) is 2.72. The molecular weight excluding hydrogens is 296 g/mol. The number of hydrogen-bond acceptors (Lipinski definition) is 1. The van der Waals surface area contributed by atoms with E-state index in [1.165, 1.54) is 0 Å². The summed E-state index contributed by atoms with van der Waals surface area (Å²) in [6.07, 6.45) is -4.56. The van der Waals surface area contributed by atoms with Crippen molar-refractivity contribution in [2.24, 2.45) is 0 Å². The van der Waals surface area contributed by atoms with Crippen LogP contribution in [-0.2, 0) is 6.18 Å². The number of benzene rings is 1. The van der Waals surface area contributed by atoms with Crippen LogP contribution in [-0.4, -0.2) is 5.78 Å². The van der Waals surface area contributed by atoms with Crippen LogP contribution in [0.1, 0.15) is 22.8 Å². The molecule has 0 unspecified atom stereocenters. The molecule has 0 aromatic heterocycles. The molecule has 0 saturated heterocycles. The van der Waals surface area contributed by atoms with Crippen LogP contribution in [0, 0.1) is 0 Å². The summed E-state index contributed by atoms with van der Waals surface area (Å²) in [7, 11) is 0. The number of halogens is 5. The first-order valence-electron chi connectivity index (χ1n) is 3.80. The summed E-state index contributed by atoms with van der Waals surface area (Å²) in [6, 6.07) is 1.82. The SMILES string of the molecule is CC(=O)c1cc(Cl)c(Br)cc1C(F)(F)F. The molecule has 0 aliphatic carbocycles. The Morgan fingerprint density at radius 1 is 1.40 bits per heavy atom. The van der Waals surface area contributed by atoms with Crippen molar-refractivity contribution in [3.05, 3.63) is 32.8 Å². The van der Waals surface area contributed by atoms with E-state index in [1.807, 2.05) is 0 Å². The molecule has 1 aromatic rings. The molecular formula is C9H5BrClF3O. The molecule has 0 aliphatic heterocycles. The molecule has 82 valence electrons. The summed E-state index contributed by atoms with van der Waals surface area (Å²) in [5.41, 5.74) is -1.40. The van der Waals surface area contributed by atoms with Crippen LogP contribution in [0.4, 0.5) is 13.2 Å². The minimum Gasteiger partial charge on any atom is -0.294 e. The minimum atomic E-state index is -4.56. The van der Waals surface area contributed by atoms with Crippen molar-refractivity contribution >= 4 is 33.3 Å². The van der Waals surface area contributed by atoms with Crippen LogP contribution in [0.15, 0.2) is 16.6 Å². The number of rotatable bonds is 1. The molecule has 0 aliphatic rings. The van der Waals surface area contributed by atoms with Gasteiger partial charge in [0.05, 0.1) is 10.6 Å². The van der Waals surface area contributed by atoms with Gasteiger partial charge in [-0.05, 0) is 35.0 Å². The third-order valence-electron chi connectivity index (χ3n) is 1.75. The Morgan fingerprint density at radius 2 is 1.93 bits per heavy atom. The van der Waals surface area contributed by atoms with Gasteiger partial charge in [0, 0.05) is 10.0 Å². The molecule has 0 bridgehead atoms. The average Bonchev–Trinajstić information content (AvgIpc) is 2.06. The fourth-order valence-corrected chi connectivity index (χ4v) is 1.58. The maximum Gasteiger partial charge on any atom is 0.417 e. The number of Topliss-reactive ketones (excluding diaryl/α,β-unsaturated/α-hetero) is 1. The van der Waals surface area contributed by atoms with Crippen LogP contribution in [0.3, 0.4) is 0 Å². The molecule has 0 radical (unpaired) electrons. The van der Waals surface area contributed by atoms with Crippen LogP contribution in [0.2, 0.25) is 5.02 Å². The van der Waals surface area contributed by atoms with Crippen LogP contribution < -0.4 is 0 Å². The van der Waals surface area contributed by atoms with Crippen molar-refractivity contribution in [1.82, 2.24) is 0 Å². The molecule has 0 spiro atoms. The van der Waals surface area contributed by atoms with E-state index in [1.54, 1.807) is 0 Å². The monoisotopic (exact) mass is 300 g/mol. The second-order valence-corrected chi connectivity index (χ2v) is 4.13. The highest BCUT2D eigenvalue weighted by Gasteiger charge is 2.35. The highest BCUT2D eigenvalue weighted by molar-refractivity contribution is 9.10. The topological polar surface area (TPSA) is 17.1 Å². The Kier molecular flexibility index (Phi) is 3.45. The van der Waals surface area contributed by atoms with Gasteiger partial charge in [0.25, 0.3) is 0 Å². The fourth-order valence-electron chi connectivity index (χ4n) is 1.07. The maximum atomic E-state index is 12.5. The lowest BCUT2D eigenvalue weighted by molar-refractivity contribution is -0.137. The molecule has 1 nitrogen and oxygen atoms in total. The molecule has 1 aromatic carbocycles. The third-order valence-corrected chi connectivity index (χ3v) is 2.94. The fraction of sp³-hybridized carbons (Fsp3) is 0.222. The normalized spacial score (nSPS) is 11.6. The summed E-state index contributed by atoms with van der Waals surface area (Å²) in [5.74, 6) is -0.670. The molecule has 0 N–H and O–H groups in total. The lowest BCUT2D eigenvalue weighted by Crippen LogP contribution is -2.11. The van der Waals surface area contributed by atoms with Crippen LogP contribution in [0.25, 0.3) is 0 Å². The lowest BCUT2D eigenvalue weighted by atomic mass is 10.0. The summed E-state index contributed by atoms with van der Waals surface area (Å²) in [5, 5.41) is 0.0770. The van der Waals surface area contributed by atoms with Gasteiger partial charge in [-0.25, -0.2) is 0 Å². The lowest BCUT2D eigenvalue weighted by Gasteiger charge is -2.12. The average molecular weight is 301 g/mol. The van der Waals surface area contributed by atoms with Gasteiger partial charge >= 0.3 is 6.18 Å². The highest BCUT2D eigenvalue weighted by atomic mass is 79.9. The van der Waals surface area contributed by atoms with Crippen molar-refractivity contribution in [3.63, 3.8) is 0 Å². The van der Waals surface area contributed by atoms with E-state index < -0.39 is 23.1 Å². The van der Waals surface area contributed by atoms with Gasteiger partial charge in [-0.15, -0.1) is 0 Å². The molecule has 0 fully saturated rings. The first kappa shape index (κ1) is 12.5. The molecule has 0 atom stereocenters. The zero-order valence-electron chi connectivity index (χ0n) is 7.45. The van der Waals surface area contributed by atoms with Gasteiger partial charge < -0.3 is 0 Å². The van der Waals surface area contributed by atoms with E-state index in [4.69, 9.17) is 11.6 Å². The number of hydrogen-bond donors (Lipinski definition) is 0. The van der Waals surface area contributed by atoms with Crippen molar-refractivity contribution in [2.75, 3.05) is 0 Å². The largest absolute Gasteiger partial charge is 0.417 e. The standard InChI is InChI=1S/C9H5BrClF3O/c1-4(15)5-2-8(11)7(10)3-6(5)9(12,13)14/h2-3H,1H3. The van der Waals surface area contributed by atoms with E-state index in [9.17, 15) is 18.0 Å². The van der Waals surface area contributed by atoms with Gasteiger partial charge in [-0.2, -0.15) is 13.2 Å². The maximum absolute atomic E-state index is 12.5. The van der Waals surface area contributed by atoms with Gasteiger partial charge in [0.2, 0.25) is 0 Å². The number of alkyl halides is 3. The van der Waals surface area contributed by atoms with E-state index in [0.29, 0.717) is 0 Å². The zero-order valence-corrected chi connectivity index (χ0v) is 9.79. The van der Waals surface area contributed by atoms with Gasteiger partial charge in [0.15, 0.2) is 5.78 Å². The van der Waals surface area contributed by atoms with Gasteiger partial charge in [-0.3, -0.25) is 4.79 Å². The number of ketones is 1. The Hall–Kier alpha value is -0.550.